The molecule has 88 valence electrons. The standard InChI is InChI=1S/C10H14N2O4/c1-6(9(13)12(2)3)11-8-5-4-7(16-8)10(14)15/h4-6,11H,1-3H3,(H,14,15). The van der Waals surface area contributed by atoms with E-state index in [-0.39, 0.29) is 17.6 Å². The Hall–Kier alpha value is -1.98. The van der Waals surface area contributed by atoms with Gasteiger partial charge in [-0.2, -0.15) is 0 Å². The fourth-order valence-corrected chi connectivity index (χ4v) is 1.19. The summed E-state index contributed by atoms with van der Waals surface area (Å²) in [7, 11) is 3.29. The number of amides is 1. The quantitative estimate of drug-likeness (QED) is 0.795. The average molecular weight is 226 g/mol. The number of carbonyl (C=O) groups excluding carboxylic acids is 1. The van der Waals surface area contributed by atoms with E-state index in [1.807, 2.05) is 0 Å². The Morgan fingerprint density at radius 2 is 2.06 bits per heavy atom. The van der Waals surface area contributed by atoms with E-state index < -0.39 is 12.0 Å². The molecule has 1 unspecified atom stereocenters. The van der Waals surface area contributed by atoms with Crippen LogP contribution in [0.1, 0.15) is 17.5 Å². The second-order valence-corrected chi connectivity index (χ2v) is 3.57. The van der Waals surface area contributed by atoms with Crippen LogP contribution in [0.25, 0.3) is 0 Å². The first-order valence-electron chi connectivity index (χ1n) is 4.72. The highest BCUT2D eigenvalue weighted by molar-refractivity contribution is 5.86. The summed E-state index contributed by atoms with van der Waals surface area (Å²) in [6.45, 7) is 1.67. The molecule has 2 N–H and O–H groups in total. The summed E-state index contributed by atoms with van der Waals surface area (Å²) in [6.07, 6.45) is 0. The molecule has 0 saturated heterocycles. The van der Waals surface area contributed by atoms with Crippen molar-refractivity contribution in [3.8, 4) is 0 Å². The SMILES string of the molecule is CC(Nc1ccc(C(=O)O)o1)C(=O)N(C)C. The molecule has 1 aromatic rings. The summed E-state index contributed by atoms with van der Waals surface area (Å²) < 4.78 is 4.96. The van der Waals surface area contributed by atoms with Crippen molar-refractivity contribution in [3.05, 3.63) is 17.9 Å². The van der Waals surface area contributed by atoms with E-state index in [1.54, 1.807) is 21.0 Å². The monoisotopic (exact) mass is 226 g/mol. The highest BCUT2D eigenvalue weighted by Gasteiger charge is 2.16. The van der Waals surface area contributed by atoms with Crippen LogP contribution in [0.15, 0.2) is 16.5 Å². The lowest BCUT2D eigenvalue weighted by atomic mass is 10.3. The molecule has 16 heavy (non-hydrogen) atoms. The van der Waals surface area contributed by atoms with Crippen LogP contribution in [-0.4, -0.2) is 42.0 Å². The van der Waals surface area contributed by atoms with Crippen LogP contribution in [-0.2, 0) is 4.79 Å². The first kappa shape index (κ1) is 12.1. The van der Waals surface area contributed by atoms with Crippen molar-refractivity contribution >= 4 is 17.8 Å². The third-order valence-electron chi connectivity index (χ3n) is 1.99. The molecule has 1 atom stereocenters. The van der Waals surface area contributed by atoms with Crippen molar-refractivity contribution in [2.45, 2.75) is 13.0 Å². The molecule has 6 nitrogen and oxygen atoms in total. The van der Waals surface area contributed by atoms with E-state index in [4.69, 9.17) is 9.52 Å². The minimum Gasteiger partial charge on any atom is -0.475 e. The van der Waals surface area contributed by atoms with Crippen molar-refractivity contribution in [1.82, 2.24) is 4.90 Å². The first-order chi connectivity index (χ1) is 7.41. The van der Waals surface area contributed by atoms with Gasteiger partial charge in [-0.05, 0) is 13.0 Å². The van der Waals surface area contributed by atoms with Crippen molar-refractivity contribution in [1.29, 1.82) is 0 Å². The van der Waals surface area contributed by atoms with Gasteiger partial charge in [0.1, 0.15) is 6.04 Å². The number of likely N-dealkylation sites (N-methyl/N-ethyl adjacent to an activating group) is 1. The second kappa shape index (κ2) is 4.69. The number of carboxylic acids is 1. The largest absolute Gasteiger partial charge is 0.475 e. The maximum absolute atomic E-state index is 11.5. The van der Waals surface area contributed by atoms with Gasteiger partial charge >= 0.3 is 5.97 Å². The first-order valence-corrected chi connectivity index (χ1v) is 4.72. The van der Waals surface area contributed by atoms with Crippen molar-refractivity contribution in [3.63, 3.8) is 0 Å². The number of furan rings is 1. The Kier molecular flexibility index (Phi) is 3.55. The van der Waals surface area contributed by atoms with Gasteiger partial charge in [0, 0.05) is 20.2 Å². The number of rotatable bonds is 4. The Labute approximate surface area is 92.8 Å². The van der Waals surface area contributed by atoms with Crippen LogP contribution >= 0.6 is 0 Å². The molecule has 1 amide bonds. The molecule has 0 spiro atoms. The molecule has 0 bridgehead atoms. The Morgan fingerprint density at radius 1 is 1.44 bits per heavy atom. The van der Waals surface area contributed by atoms with E-state index >= 15 is 0 Å². The van der Waals surface area contributed by atoms with Gasteiger partial charge in [0.2, 0.25) is 11.7 Å². The van der Waals surface area contributed by atoms with Crippen LogP contribution in [0.2, 0.25) is 0 Å². The Balaban J connectivity index is 2.66. The van der Waals surface area contributed by atoms with Gasteiger partial charge in [-0.15, -0.1) is 0 Å². The molecule has 0 radical (unpaired) electrons. The Bertz CT molecular complexity index is 397. The molecule has 1 aromatic heterocycles. The van der Waals surface area contributed by atoms with Crippen LogP contribution in [0.3, 0.4) is 0 Å². The predicted octanol–water partition coefficient (Wildman–Crippen LogP) is 0.866. The number of nitrogens with one attached hydrogen (secondary N) is 1. The third-order valence-corrected chi connectivity index (χ3v) is 1.99. The van der Waals surface area contributed by atoms with Crippen LogP contribution in [0.5, 0.6) is 0 Å². The van der Waals surface area contributed by atoms with Crippen LogP contribution in [0, 0.1) is 0 Å². The molecular formula is C10H14N2O4. The molecule has 0 fully saturated rings. The maximum Gasteiger partial charge on any atom is 0.371 e. The normalized spacial score (nSPS) is 11.9. The van der Waals surface area contributed by atoms with E-state index in [1.165, 1.54) is 17.0 Å². The highest BCUT2D eigenvalue weighted by Crippen LogP contribution is 2.14. The predicted molar refractivity (Wildman–Crippen MR) is 57.4 cm³/mol. The summed E-state index contributed by atoms with van der Waals surface area (Å²) in [5, 5.41) is 11.4. The number of hydrogen-bond donors (Lipinski definition) is 2. The molecule has 1 heterocycles. The van der Waals surface area contributed by atoms with E-state index in [0.29, 0.717) is 0 Å². The van der Waals surface area contributed by atoms with Gasteiger partial charge in [-0.1, -0.05) is 0 Å². The van der Waals surface area contributed by atoms with E-state index in [0.717, 1.165) is 0 Å². The summed E-state index contributed by atoms with van der Waals surface area (Å²) >= 11 is 0. The molecule has 0 aliphatic heterocycles. The summed E-state index contributed by atoms with van der Waals surface area (Å²) in [5.74, 6) is -1.15. The third kappa shape index (κ3) is 2.75. The van der Waals surface area contributed by atoms with Gasteiger partial charge < -0.3 is 19.7 Å². The van der Waals surface area contributed by atoms with Gasteiger partial charge in [-0.25, -0.2) is 4.79 Å². The van der Waals surface area contributed by atoms with Gasteiger partial charge in [0.25, 0.3) is 0 Å². The molecule has 0 aliphatic rings. The number of nitrogens with zero attached hydrogens (tertiary/aromatic N) is 1. The minimum absolute atomic E-state index is 0.117. The van der Waals surface area contributed by atoms with E-state index in [9.17, 15) is 9.59 Å². The van der Waals surface area contributed by atoms with E-state index in [2.05, 4.69) is 5.32 Å². The zero-order valence-electron chi connectivity index (χ0n) is 9.35. The lowest BCUT2D eigenvalue weighted by Gasteiger charge is -2.17. The fourth-order valence-electron chi connectivity index (χ4n) is 1.19. The van der Waals surface area contributed by atoms with Gasteiger partial charge in [-0.3, -0.25) is 4.79 Å². The van der Waals surface area contributed by atoms with Crippen molar-refractivity contribution < 1.29 is 19.1 Å². The highest BCUT2D eigenvalue weighted by atomic mass is 16.4. The Morgan fingerprint density at radius 3 is 2.50 bits per heavy atom. The minimum atomic E-state index is -1.14. The zero-order chi connectivity index (χ0) is 12.3. The van der Waals surface area contributed by atoms with Gasteiger partial charge in [0.05, 0.1) is 0 Å². The number of anilines is 1. The average Bonchev–Trinajstić information content (AvgIpc) is 2.64. The summed E-state index contributed by atoms with van der Waals surface area (Å²) in [5.41, 5.74) is 0. The number of carboxylic acid groups (broad SMARTS) is 1. The lowest BCUT2D eigenvalue weighted by Crippen LogP contribution is -2.36. The van der Waals surface area contributed by atoms with Crippen LogP contribution in [0.4, 0.5) is 5.88 Å². The maximum atomic E-state index is 11.5. The fraction of sp³-hybridized carbons (Fsp3) is 0.400. The summed E-state index contributed by atoms with van der Waals surface area (Å²) in [4.78, 5) is 23.5. The molecule has 0 aromatic carbocycles. The molecule has 0 saturated carbocycles. The summed E-state index contributed by atoms with van der Waals surface area (Å²) in [6, 6.07) is 2.34. The molecular weight excluding hydrogens is 212 g/mol. The molecule has 0 aliphatic carbocycles. The number of hydrogen-bond acceptors (Lipinski definition) is 4. The molecule has 6 heteroatoms. The van der Waals surface area contributed by atoms with Crippen LogP contribution < -0.4 is 5.32 Å². The second-order valence-electron chi connectivity index (χ2n) is 3.57. The zero-order valence-corrected chi connectivity index (χ0v) is 9.35. The number of aromatic carboxylic acids is 1. The number of carbonyl (C=O) groups is 2. The van der Waals surface area contributed by atoms with Gasteiger partial charge in [0.15, 0.2) is 5.88 Å². The topological polar surface area (TPSA) is 82.8 Å². The smallest absolute Gasteiger partial charge is 0.371 e. The lowest BCUT2D eigenvalue weighted by molar-refractivity contribution is -0.129. The van der Waals surface area contributed by atoms with Crippen molar-refractivity contribution in [2.24, 2.45) is 0 Å². The molecule has 1 rings (SSSR count). The van der Waals surface area contributed by atoms with Crippen molar-refractivity contribution in [2.75, 3.05) is 19.4 Å².